The first-order valence-electron chi connectivity index (χ1n) is 9.96. The van der Waals surface area contributed by atoms with Gasteiger partial charge in [-0.2, -0.15) is 10.4 Å². The zero-order chi connectivity index (χ0) is 22.4. The van der Waals surface area contributed by atoms with E-state index >= 15 is 0 Å². The van der Waals surface area contributed by atoms with Crippen molar-refractivity contribution >= 4 is 17.7 Å². The number of aromatic nitrogens is 2. The van der Waals surface area contributed by atoms with Crippen LogP contribution >= 0.6 is 0 Å². The molecule has 8 nitrogen and oxygen atoms in total. The molecule has 1 aromatic carbocycles. The molecule has 160 valence electrons. The van der Waals surface area contributed by atoms with Gasteiger partial charge in [-0.25, -0.2) is 9.59 Å². The number of nitrogens with zero attached hydrogens (tertiary/aromatic N) is 4. The minimum atomic E-state index is -1.09. The van der Waals surface area contributed by atoms with Crippen molar-refractivity contribution in [3.63, 3.8) is 0 Å². The van der Waals surface area contributed by atoms with Gasteiger partial charge in [0.2, 0.25) is 0 Å². The number of nitriles is 1. The Morgan fingerprint density at radius 3 is 2.57 bits per heavy atom. The highest BCUT2D eigenvalue weighted by Crippen LogP contribution is 2.23. The fraction of sp³-hybridized carbons (Fsp3) is 0.455. The van der Waals surface area contributed by atoms with Gasteiger partial charge in [-0.1, -0.05) is 39.8 Å². The predicted molar refractivity (Wildman–Crippen MR) is 114 cm³/mol. The molecule has 2 amide bonds. The number of nitrogens with one attached hydrogen (secondary N) is 1. The van der Waals surface area contributed by atoms with Crippen LogP contribution in [0.15, 0.2) is 30.5 Å². The van der Waals surface area contributed by atoms with Crippen LogP contribution in [-0.2, 0) is 17.9 Å². The maximum Gasteiger partial charge on any atom is 0.326 e. The molecule has 0 radical (unpaired) electrons. The third-order valence-corrected chi connectivity index (χ3v) is 4.76. The minimum Gasteiger partial charge on any atom is -0.480 e. The molecule has 0 bridgehead atoms. The summed E-state index contributed by atoms with van der Waals surface area (Å²) in [6.07, 6.45) is 1.62. The average molecular weight is 412 g/mol. The van der Waals surface area contributed by atoms with E-state index in [2.05, 4.69) is 30.3 Å². The lowest BCUT2D eigenvalue weighted by Crippen LogP contribution is -2.50. The number of benzene rings is 1. The van der Waals surface area contributed by atoms with E-state index in [1.165, 1.54) is 4.90 Å². The number of hydrogen-bond donors (Lipinski definition) is 2. The maximum absolute atomic E-state index is 13.2. The van der Waals surface area contributed by atoms with E-state index in [1.54, 1.807) is 38.2 Å². The predicted octanol–water partition coefficient (Wildman–Crippen LogP) is 3.54. The molecule has 0 fully saturated rings. The number of hydrogen-bond acceptors (Lipinski definition) is 4. The Morgan fingerprint density at radius 1 is 1.30 bits per heavy atom. The number of anilines is 1. The number of carboxylic acid groups (broad SMARTS) is 1. The highest BCUT2D eigenvalue weighted by atomic mass is 16.4. The van der Waals surface area contributed by atoms with Crippen LogP contribution < -0.4 is 10.2 Å². The second-order valence-corrected chi connectivity index (χ2v) is 8.10. The molecular weight excluding hydrogens is 382 g/mol. The summed E-state index contributed by atoms with van der Waals surface area (Å²) in [6, 6.07) is 7.55. The Balaban J connectivity index is 2.42. The minimum absolute atomic E-state index is 0.181. The first kappa shape index (κ1) is 22.9. The van der Waals surface area contributed by atoms with Gasteiger partial charge in [-0.05, 0) is 36.5 Å². The quantitative estimate of drug-likeness (QED) is 0.690. The smallest absolute Gasteiger partial charge is 0.326 e. The molecule has 0 aliphatic rings. The third kappa shape index (κ3) is 5.60. The topological polar surface area (TPSA) is 111 Å². The van der Waals surface area contributed by atoms with E-state index in [1.807, 2.05) is 17.7 Å². The SMILES string of the molecule is Cc1c(N(Cc2cccc(C#N)c2)C(=O)NC(C(=O)O)C(C)C)cnn1CC(C)C. The van der Waals surface area contributed by atoms with Crippen LogP contribution in [0.25, 0.3) is 0 Å². The zero-order valence-corrected chi connectivity index (χ0v) is 18.1. The van der Waals surface area contributed by atoms with Gasteiger partial charge >= 0.3 is 12.0 Å². The lowest BCUT2D eigenvalue weighted by molar-refractivity contribution is -0.140. The van der Waals surface area contributed by atoms with Crippen LogP contribution in [0.3, 0.4) is 0 Å². The molecule has 1 heterocycles. The molecule has 2 N–H and O–H groups in total. The summed E-state index contributed by atoms with van der Waals surface area (Å²) in [5, 5.41) is 25.7. The van der Waals surface area contributed by atoms with Crippen molar-refractivity contribution in [1.29, 1.82) is 5.26 Å². The maximum atomic E-state index is 13.2. The van der Waals surface area contributed by atoms with Crippen LogP contribution in [0.2, 0.25) is 0 Å². The van der Waals surface area contributed by atoms with Crippen LogP contribution in [0.5, 0.6) is 0 Å². The molecule has 2 rings (SSSR count). The van der Waals surface area contributed by atoms with E-state index in [9.17, 15) is 20.0 Å². The van der Waals surface area contributed by atoms with E-state index in [4.69, 9.17) is 0 Å². The van der Waals surface area contributed by atoms with Gasteiger partial charge in [0, 0.05) is 6.54 Å². The summed E-state index contributed by atoms with van der Waals surface area (Å²) in [5.74, 6) is -0.986. The molecule has 1 atom stereocenters. The van der Waals surface area contributed by atoms with Crippen molar-refractivity contribution in [2.45, 2.75) is 53.8 Å². The summed E-state index contributed by atoms with van der Waals surface area (Å²) < 4.78 is 1.84. The third-order valence-electron chi connectivity index (χ3n) is 4.76. The van der Waals surface area contributed by atoms with E-state index < -0.39 is 18.0 Å². The fourth-order valence-corrected chi connectivity index (χ4v) is 3.14. The highest BCUT2D eigenvalue weighted by Gasteiger charge is 2.28. The van der Waals surface area contributed by atoms with Crippen molar-refractivity contribution in [3.8, 4) is 6.07 Å². The standard InChI is InChI=1S/C22H29N5O3/c1-14(2)12-27-16(5)19(11-24-27)26(13-18-8-6-7-17(9-18)10-23)22(30)25-20(15(3)4)21(28)29/h6-9,11,14-15,20H,12-13H2,1-5H3,(H,25,30)(H,28,29). The Bertz CT molecular complexity index is 942. The second kappa shape index (κ2) is 9.92. The van der Waals surface area contributed by atoms with Crippen LogP contribution in [0, 0.1) is 30.1 Å². The van der Waals surface area contributed by atoms with Crippen LogP contribution in [0.4, 0.5) is 10.5 Å². The van der Waals surface area contributed by atoms with Crippen LogP contribution in [-0.4, -0.2) is 32.9 Å². The average Bonchev–Trinajstić information content (AvgIpc) is 3.03. The molecule has 2 aromatic rings. The Labute approximate surface area is 177 Å². The highest BCUT2D eigenvalue weighted by molar-refractivity contribution is 5.94. The van der Waals surface area contributed by atoms with E-state index in [0.29, 0.717) is 23.7 Å². The van der Waals surface area contributed by atoms with Gasteiger partial charge in [0.15, 0.2) is 0 Å². The molecule has 1 unspecified atom stereocenters. The Kier molecular flexibility index (Phi) is 7.59. The summed E-state index contributed by atoms with van der Waals surface area (Å²) in [5.41, 5.74) is 2.66. The summed E-state index contributed by atoms with van der Waals surface area (Å²) >= 11 is 0. The summed E-state index contributed by atoms with van der Waals surface area (Å²) in [6.45, 7) is 10.4. The molecule has 0 aliphatic heterocycles. The summed E-state index contributed by atoms with van der Waals surface area (Å²) in [4.78, 5) is 26.2. The van der Waals surface area contributed by atoms with Gasteiger partial charge in [-0.15, -0.1) is 0 Å². The number of carbonyl (C=O) groups is 2. The first-order chi connectivity index (χ1) is 14.1. The van der Waals surface area contributed by atoms with Crippen molar-refractivity contribution in [2.75, 3.05) is 4.90 Å². The van der Waals surface area contributed by atoms with E-state index in [0.717, 1.165) is 11.3 Å². The lowest BCUT2D eigenvalue weighted by atomic mass is 10.1. The van der Waals surface area contributed by atoms with Crippen molar-refractivity contribution in [2.24, 2.45) is 11.8 Å². The van der Waals surface area contributed by atoms with Crippen molar-refractivity contribution in [1.82, 2.24) is 15.1 Å². The van der Waals surface area contributed by atoms with Crippen molar-refractivity contribution in [3.05, 3.63) is 47.3 Å². The number of carbonyl (C=O) groups excluding carboxylic acids is 1. The first-order valence-corrected chi connectivity index (χ1v) is 9.96. The molecule has 0 aliphatic carbocycles. The Morgan fingerprint density at radius 2 is 2.00 bits per heavy atom. The van der Waals surface area contributed by atoms with Gasteiger partial charge in [0.05, 0.1) is 35.8 Å². The number of rotatable bonds is 8. The number of urea groups is 1. The molecule has 0 spiro atoms. The number of aliphatic carboxylic acids is 1. The normalized spacial score (nSPS) is 11.9. The molecular formula is C22H29N5O3. The number of amides is 2. The second-order valence-electron chi connectivity index (χ2n) is 8.10. The Hall–Kier alpha value is -3.34. The lowest BCUT2D eigenvalue weighted by Gasteiger charge is -2.26. The van der Waals surface area contributed by atoms with Crippen LogP contribution in [0.1, 0.15) is 44.5 Å². The van der Waals surface area contributed by atoms with Gasteiger partial charge < -0.3 is 10.4 Å². The van der Waals surface area contributed by atoms with E-state index in [-0.39, 0.29) is 12.5 Å². The molecule has 1 aromatic heterocycles. The van der Waals surface area contributed by atoms with Gasteiger partial charge in [0.1, 0.15) is 6.04 Å². The largest absolute Gasteiger partial charge is 0.480 e. The molecule has 8 heteroatoms. The molecule has 0 saturated carbocycles. The number of carboxylic acids is 1. The van der Waals surface area contributed by atoms with Gasteiger partial charge in [-0.3, -0.25) is 9.58 Å². The van der Waals surface area contributed by atoms with Gasteiger partial charge in [0.25, 0.3) is 0 Å². The monoisotopic (exact) mass is 411 g/mol. The molecule has 0 saturated heterocycles. The fourth-order valence-electron chi connectivity index (χ4n) is 3.14. The summed E-state index contributed by atoms with van der Waals surface area (Å²) in [7, 11) is 0. The molecule has 30 heavy (non-hydrogen) atoms. The zero-order valence-electron chi connectivity index (χ0n) is 18.1. The van der Waals surface area contributed by atoms with Crippen molar-refractivity contribution < 1.29 is 14.7 Å².